The monoisotopic (exact) mass is 283 g/mol. The second-order valence-corrected chi connectivity index (χ2v) is 5.34. The van der Waals surface area contributed by atoms with Crippen LogP contribution in [0.25, 0.3) is 0 Å². The zero-order valence-electron chi connectivity index (χ0n) is 12.4. The molecule has 21 heavy (non-hydrogen) atoms. The Morgan fingerprint density at radius 2 is 2.10 bits per heavy atom. The number of aryl methyl sites for hydroxylation is 1. The van der Waals surface area contributed by atoms with Gasteiger partial charge in [-0.1, -0.05) is 31.2 Å². The van der Waals surface area contributed by atoms with Crippen LogP contribution < -0.4 is 10.1 Å². The predicted octanol–water partition coefficient (Wildman–Crippen LogP) is 3.04. The predicted molar refractivity (Wildman–Crippen MR) is 82.2 cm³/mol. The number of rotatable bonds is 5. The van der Waals surface area contributed by atoms with Crippen molar-refractivity contribution >= 4 is 0 Å². The molecule has 0 radical (unpaired) electrons. The molecule has 1 aromatic carbocycles. The molecule has 1 N–H and O–H groups in total. The molecular weight excluding hydrogens is 262 g/mol. The molecule has 0 spiro atoms. The van der Waals surface area contributed by atoms with Gasteiger partial charge in [-0.05, 0) is 43.0 Å². The maximum Gasteiger partial charge on any atom is 0.233 e. The highest BCUT2D eigenvalue weighted by Gasteiger charge is 2.21. The molecule has 1 atom stereocenters. The van der Waals surface area contributed by atoms with Crippen LogP contribution in [-0.2, 0) is 13.0 Å². The largest absolute Gasteiger partial charge is 0.468 e. The lowest BCUT2D eigenvalue weighted by Crippen LogP contribution is -2.16. The molecule has 0 aliphatic heterocycles. The zero-order valence-corrected chi connectivity index (χ0v) is 12.4. The van der Waals surface area contributed by atoms with Gasteiger partial charge in [-0.3, -0.25) is 0 Å². The molecule has 1 heterocycles. The average molecular weight is 283 g/mol. The van der Waals surface area contributed by atoms with Crippen LogP contribution in [0.2, 0.25) is 0 Å². The summed E-state index contributed by atoms with van der Waals surface area (Å²) in [6.07, 6.45) is 3.44. The number of nitrogens with zero attached hydrogens (tertiary/aromatic N) is 2. The molecule has 1 aliphatic rings. The molecule has 1 unspecified atom stereocenters. The average Bonchev–Trinajstić information content (AvgIpc) is 2.55. The summed E-state index contributed by atoms with van der Waals surface area (Å²) in [6, 6.07) is 12.4. The first-order chi connectivity index (χ1) is 10.4. The van der Waals surface area contributed by atoms with Gasteiger partial charge in [0.15, 0.2) is 0 Å². The molecule has 4 heteroatoms. The fraction of sp³-hybridized carbons (Fsp3) is 0.412. The number of benzene rings is 1. The van der Waals surface area contributed by atoms with E-state index < -0.39 is 0 Å². The molecule has 0 bridgehead atoms. The Morgan fingerprint density at radius 3 is 2.90 bits per heavy atom. The first kappa shape index (κ1) is 14.0. The smallest absolute Gasteiger partial charge is 0.233 e. The Morgan fingerprint density at radius 1 is 1.19 bits per heavy atom. The van der Waals surface area contributed by atoms with Crippen LogP contribution in [-0.4, -0.2) is 16.7 Å². The van der Waals surface area contributed by atoms with Gasteiger partial charge in [-0.15, -0.1) is 5.10 Å². The third-order valence-corrected chi connectivity index (χ3v) is 3.83. The van der Waals surface area contributed by atoms with E-state index in [0.29, 0.717) is 5.88 Å². The first-order valence-corrected chi connectivity index (χ1v) is 7.64. The van der Waals surface area contributed by atoms with Crippen LogP contribution in [0.15, 0.2) is 36.4 Å². The van der Waals surface area contributed by atoms with E-state index >= 15 is 0 Å². The molecule has 1 aliphatic carbocycles. The third-order valence-electron chi connectivity index (χ3n) is 3.83. The van der Waals surface area contributed by atoms with E-state index in [0.717, 1.165) is 38.0 Å². The summed E-state index contributed by atoms with van der Waals surface area (Å²) in [4.78, 5) is 0. The molecule has 0 amide bonds. The maximum absolute atomic E-state index is 6.05. The fourth-order valence-electron chi connectivity index (χ4n) is 2.74. The van der Waals surface area contributed by atoms with E-state index in [9.17, 15) is 0 Å². The minimum Gasteiger partial charge on any atom is -0.468 e. The zero-order chi connectivity index (χ0) is 14.5. The van der Waals surface area contributed by atoms with Crippen molar-refractivity contribution < 1.29 is 4.74 Å². The summed E-state index contributed by atoms with van der Waals surface area (Å²) in [5.74, 6) is 0.608. The molecule has 0 saturated heterocycles. The summed E-state index contributed by atoms with van der Waals surface area (Å²) in [6.45, 7) is 3.75. The summed E-state index contributed by atoms with van der Waals surface area (Å²) >= 11 is 0. The van der Waals surface area contributed by atoms with E-state index in [4.69, 9.17) is 4.74 Å². The van der Waals surface area contributed by atoms with Gasteiger partial charge < -0.3 is 10.1 Å². The van der Waals surface area contributed by atoms with Crippen LogP contribution in [0.4, 0.5) is 0 Å². The molecular formula is C17H21N3O. The highest BCUT2D eigenvalue weighted by molar-refractivity contribution is 5.32. The maximum atomic E-state index is 6.05. The van der Waals surface area contributed by atoms with Crippen molar-refractivity contribution in [1.82, 2.24) is 15.5 Å². The molecule has 0 saturated carbocycles. The van der Waals surface area contributed by atoms with Gasteiger partial charge in [0.1, 0.15) is 6.10 Å². The van der Waals surface area contributed by atoms with Crippen LogP contribution in [0, 0.1) is 0 Å². The van der Waals surface area contributed by atoms with Crippen LogP contribution >= 0.6 is 0 Å². The Labute approximate surface area is 125 Å². The van der Waals surface area contributed by atoms with Gasteiger partial charge in [-0.2, -0.15) is 5.10 Å². The van der Waals surface area contributed by atoms with Gasteiger partial charge in [0.2, 0.25) is 5.88 Å². The second kappa shape index (κ2) is 6.68. The number of hydrogen-bond acceptors (Lipinski definition) is 4. The Bertz CT molecular complexity index is 583. The second-order valence-electron chi connectivity index (χ2n) is 5.34. The fourth-order valence-corrected chi connectivity index (χ4v) is 2.74. The molecule has 0 fully saturated rings. The quantitative estimate of drug-likeness (QED) is 0.916. The van der Waals surface area contributed by atoms with E-state index in [-0.39, 0.29) is 6.10 Å². The lowest BCUT2D eigenvalue weighted by atomic mass is 9.89. The van der Waals surface area contributed by atoms with Gasteiger partial charge in [-0.25, -0.2) is 0 Å². The minimum absolute atomic E-state index is 0.101. The van der Waals surface area contributed by atoms with Gasteiger partial charge in [0, 0.05) is 12.6 Å². The van der Waals surface area contributed by atoms with Crippen molar-refractivity contribution in [2.75, 3.05) is 6.54 Å². The number of aromatic nitrogens is 2. The van der Waals surface area contributed by atoms with Crippen LogP contribution in [0.3, 0.4) is 0 Å². The normalized spacial score (nSPS) is 17.3. The Hall–Kier alpha value is -1.94. The van der Waals surface area contributed by atoms with Crippen molar-refractivity contribution in [3.8, 4) is 5.88 Å². The van der Waals surface area contributed by atoms with Crippen molar-refractivity contribution in [2.45, 2.75) is 38.8 Å². The summed E-state index contributed by atoms with van der Waals surface area (Å²) < 4.78 is 6.05. The highest BCUT2D eigenvalue weighted by atomic mass is 16.5. The van der Waals surface area contributed by atoms with E-state index in [1.54, 1.807) is 0 Å². The lowest BCUT2D eigenvalue weighted by Gasteiger charge is -2.25. The number of fused-ring (bicyclic) bond motifs is 1. The summed E-state index contributed by atoms with van der Waals surface area (Å²) in [5.41, 5.74) is 3.63. The molecule has 110 valence electrons. The molecule has 3 rings (SSSR count). The van der Waals surface area contributed by atoms with E-state index in [1.165, 1.54) is 11.1 Å². The van der Waals surface area contributed by atoms with Crippen LogP contribution in [0.1, 0.15) is 42.7 Å². The standard InChI is InChI=1S/C17H21N3O/c1-2-18-12-14-10-11-17(20-19-14)21-16-9-5-7-13-6-3-4-8-15(13)16/h3-4,6,8,10-11,16,18H,2,5,7,9,12H2,1H3. The van der Waals surface area contributed by atoms with E-state index in [1.807, 2.05) is 12.1 Å². The minimum atomic E-state index is 0.101. The Kier molecular flexibility index (Phi) is 4.46. The Balaban J connectivity index is 1.70. The van der Waals surface area contributed by atoms with Gasteiger partial charge in [0.05, 0.1) is 5.69 Å². The van der Waals surface area contributed by atoms with Crippen LogP contribution in [0.5, 0.6) is 5.88 Å². The van der Waals surface area contributed by atoms with Crippen molar-refractivity contribution in [1.29, 1.82) is 0 Å². The van der Waals surface area contributed by atoms with Crippen molar-refractivity contribution in [2.24, 2.45) is 0 Å². The van der Waals surface area contributed by atoms with Crippen molar-refractivity contribution in [3.63, 3.8) is 0 Å². The third kappa shape index (κ3) is 3.39. The SMILES string of the molecule is CCNCc1ccc(OC2CCCc3ccccc32)nn1. The number of nitrogens with one attached hydrogen (secondary N) is 1. The highest BCUT2D eigenvalue weighted by Crippen LogP contribution is 2.32. The topological polar surface area (TPSA) is 47.0 Å². The number of ether oxygens (including phenoxy) is 1. The molecule has 1 aromatic heterocycles. The van der Waals surface area contributed by atoms with Crippen molar-refractivity contribution in [3.05, 3.63) is 53.2 Å². The first-order valence-electron chi connectivity index (χ1n) is 7.64. The summed E-state index contributed by atoms with van der Waals surface area (Å²) in [7, 11) is 0. The van der Waals surface area contributed by atoms with E-state index in [2.05, 4.69) is 46.7 Å². The lowest BCUT2D eigenvalue weighted by molar-refractivity contribution is 0.173. The van der Waals surface area contributed by atoms with Gasteiger partial charge in [0.25, 0.3) is 0 Å². The number of hydrogen-bond donors (Lipinski definition) is 1. The van der Waals surface area contributed by atoms with Gasteiger partial charge >= 0.3 is 0 Å². The molecule has 2 aromatic rings. The molecule has 4 nitrogen and oxygen atoms in total. The summed E-state index contributed by atoms with van der Waals surface area (Å²) in [5, 5.41) is 11.6.